The van der Waals surface area contributed by atoms with Gasteiger partial charge in [0, 0.05) is 28.9 Å². The van der Waals surface area contributed by atoms with E-state index in [1.165, 1.54) is 47.6 Å². The van der Waals surface area contributed by atoms with Crippen LogP contribution >= 0.6 is 11.3 Å². The first kappa shape index (κ1) is 17.4. The first-order valence-corrected chi connectivity index (χ1v) is 9.61. The Kier molecular flexibility index (Phi) is 4.49. The normalized spacial score (nSPS) is 13.8. The number of aromatic nitrogens is 1. The third-order valence-electron chi connectivity index (χ3n) is 4.79. The fourth-order valence-electron chi connectivity index (χ4n) is 3.36. The minimum Gasteiger partial charge on any atom is -0.397 e. The molecule has 1 aliphatic rings. The highest BCUT2D eigenvalue weighted by Crippen LogP contribution is 2.35. The van der Waals surface area contributed by atoms with Crippen molar-refractivity contribution in [2.75, 3.05) is 11.1 Å². The molecule has 138 valence electrons. The van der Waals surface area contributed by atoms with Crippen LogP contribution in [0.15, 0.2) is 30.3 Å². The summed E-state index contributed by atoms with van der Waals surface area (Å²) < 4.78 is 0. The molecule has 0 aliphatic heterocycles. The average Bonchev–Trinajstić information content (AvgIpc) is 2.82. The van der Waals surface area contributed by atoms with Crippen molar-refractivity contribution in [3.05, 3.63) is 56.6 Å². The summed E-state index contributed by atoms with van der Waals surface area (Å²) in [7, 11) is 0. The number of amides is 1. The number of thiophene rings is 1. The van der Waals surface area contributed by atoms with Crippen LogP contribution in [0, 0.1) is 10.1 Å². The number of benzene rings is 1. The number of nitrogens with one attached hydrogen (secondary N) is 1. The van der Waals surface area contributed by atoms with Gasteiger partial charge in [-0.3, -0.25) is 14.9 Å². The number of pyridine rings is 1. The molecule has 3 aromatic rings. The molecule has 1 amide bonds. The molecule has 1 aliphatic carbocycles. The van der Waals surface area contributed by atoms with Gasteiger partial charge in [0.1, 0.15) is 9.71 Å². The summed E-state index contributed by atoms with van der Waals surface area (Å²) in [5.74, 6) is -0.334. The van der Waals surface area contributed by atoms with Crippen molar-refractivity contribution in [1.82, 2.24) is 4.98 Å². The zero-order valence-electron chi connectivity index (χ0n) is 14.5. The van der Waals surface area contributed by atoms with E-state index in [1.54, 1.807) is 0 Å². The number of nitrogens with two attached hydrogens (primary N) is 1. The number of anilines is 2. The van der Waals surface area contributed by atoms with Crippen molar-refractivity contribution in [3.63, 3.8) is 0 Å². The zero-order chi connectivity index (χ0) is 19.0. The lowest BCUT2D eigenvalue weighted by molar-refractivity contribution is -0.384. The summed E-state index contributed by atoms with van der Waals surface area (Å²) in [6, 6.07) is 7.78. The highest BCUT2D eigenvalue weighted by atomic mass is 32.1. The predicted octanol–water partition coefficient (Wildman–Crippen LogP) is 4.31. The van der Waals surface area contributed by atoms with Crippen molar-refractivity contribution < 1.29 is 9.72 Å². The Bertz CT molecular complexity index is 1040. The molecule has 0 bridgehead atoms. The molecule has 2 aromatic heterocycles. The van der Waals surface area contributed by atoms with Crippen molar-refractivity contribution in [2.45, 2.75) is 32.1 Å². The number of carbonyl (C=O) groups excluding carboxylic acids is 1. The molecule has 3 N–H and O–H groups in total. The van der Waals surface area contributed by atoms with Gasteiger partial charge in [0.05, 0.1) is 10.6 Å². The second kappa shape index (κ2) is 6.96. The molecular weight excluding hydrogens is 364 g/mol. The maximum atomic E-state index is 12.7. The number of nitro benzene ring substituents is 1. The molecule has 4 rings (SSSR count). The number of nitro groups is 1. The van der Waals surface area contributed by atoms with E-state index in [1.807, 2.05) is 0 Å². The van der Waals surface area contributed by atoms with E-state index >= 15 is 0 Å². The number of nitrogen functional groups attached to an aromatic ring is 1. The number of hydrogen-bond acceptors (Lipinski definition) is 6. The van der Waals surface area contributed by atoms with Crippen LogP contribution in [-0.4, -0.2) is 15.8 Å². The van der Waals surface area contributed by atoms with E-state index < -0.39 is 4.92 Å². The number of aryl methyl sites for hydroxylation is 2. The number of nitrogens with zero attached hydrogens (tertiary/aromatic N) is 2. The SMILES string of the molecule is Nc1c(C(=O)Nc2ccc([N+](=O)[O-])cc2)sc2nc3c(cc12)CCCCC3. The van der Waals surface area contributed by atoms with E-state index in [4.69, 9.17) is 10.7 Å². The van der Waals surface area contributed by atoms with Crippen LogP contribution in [-0.2, 0) is 12.8 Å². The predicted molar refractivity (Wildman–Crippen MR) is 106 cm³/mol. The van der Waals surface area contributed by atoms with E-state index in [0.29, 0.717) is 16.3 Å². The lowest BCUT2D eigenvalue weighted by Gasteiger charge is -2.05. The summed E-state index contributed by atoms with van der Waals surface area (Å²) in [5.41, 5.74) is 9.48. The van der Waals surface area contributed by atoms with Crippen LogP contribution in [0.25, 0.3) is 10.2 Å². The van der Waals surface area contributed by atoms with Crippen LogP contribution < -0.4 is 11.1 Å². The highest BCUT2D eigenvalue weighted by molar-refractivity contribution is 7.21. The third-order valence-corrected chi connectivity index (χ3v) is 5.91. The standard InChI is InChI=1S/C19H18N4O3S/c20-16-14-10-11-4-2-1-3-5-15(11)22-19(14)27-17(16)18(24)21-12-6-8-13(9-7-12)23(25)26/h6-10H,1-5,20H2,(H,21,24). The van der Waals surface area contributed by atoms with Crippen LogP contribution in [0.3, 0.4) is 0 Å². The summed E-state index contributed by atoms with van der Waals surface area (Å²) in [6.45, 7) is 0. The number of fused-ring (bicyclic) bond motifs is 2. The molecular formula is C19H18N4O3S. The van der Waals surface area contributed by atoms with E-state index in [0.717, 1.165) is 41.6 Å². The van der Waals surface area contributed by atoms with Crippen molar-refractivity contribution in [1.29, 1.82) is 0 Å². The minimum atomic E-state index is -0.481. The summed E-state index contributed by atoms with van der Waals surface area (Å²) in [6.07, 6.45) is 5.46. The van der Waals surface area contributed by atoms with Gasteiger partial charge >= 0.3 is 0 Å². The van der Waals surface area contributed by atoms with Crippen molar-refractivity contribution >= 4 is 44.5 Å². The maximum absolute atomic E-state index is 12.7. The average molecular weight is 382 g/mol. The molecule has 0 atom stereocenters. The molecule has 7 nitrogen and oxygen atoms in total. The monoisotopic (exact) mass is 382 g/mol. The Labute approximate surface area is 159 Å². The zero-order valence-corrected chi connectivity index (χ0v) is 15.3. The van der Waals surface area contributed by atoms with Crippen LogP contribution in [0.1, 0.15) is 40.2 Å². The Morgan fingerprint density at radius 2 is 1.93 bits per heavy atom. The van der Waals surface area contributed by atoms with Gasteiger partial charge in [-0.2, -0.15) is 0 Å². The Morgan fingerprint density at radius 1 is 1.19 bits per heavy atom. The molecule has 0 unspecified atom stereocenters. The first-order chi connectivity index (χ1) is 13.0. The quantitative estimate of drug-likeness (QED) is 0.398. The minimum absolute atomic E-state index is 0.0277. The molecule has 1 aromatic carbocycles. The Morgan fingerprint density at radius 3 is 2.67 bits per heavy atom. The van der Waals surface area contributed by atoms with E-state index in [9.17, 15) is 14.9 Å². The van der Waals surface area contributed by atoms with Crippen LogP contribution in [0.2, 0.25) is 0 Å². The Hall–Kier alpha value is -3.00. The van der Waals surface area contributed by atoms with Crippen molar-refractivity contribution in [2.24, 2.45) is 0 Å². The van der Waals surface area contributed by atoms with Crippen LogP contribution in [0.5, 0.6) is 0 Å². The van der Waals surface area contributed by atoms with Gasteiger partial charge in [-0.05, 0) is 49.4 Å². The van der Waals surface area contributed by atoms with Gasteiger partial charge in [0.2, 0.25) is 0 Å². The highest BCUT2D eigenvalue weighted by Gasteiger charge is 2.20. The topological polar surface area (TPSA) is 111 Å². The number of non-ortho nitro benzene ring substituents is 1. The lowest BCUT2D eigenvalue weighted by atomic mass is 10.1. The fourth-order valence-corrected chi connectivity index (χ4v) is 4.35. The molecule has 0 saturated carbocycles. The molecule has 2 heterocycles. The van der Waals surface area contributed by atoms with Gasteiger partial charge in [-0.25, -0.2) is 4.98 Å². The van der Waals surface area contributed by atoms with E-state index in [2.05, 4.69) is 11.4 Å². The number of rotatable bonds is 3. The largest absolute Gasteiger partial charge is 0.397 e. The van der Waals surface area contributed by atoms with Gasteiger partial charge in [-0.1, -0.05) is 6.42 Å². The second-order valence-corrected chi connectivity index (χ2v) is 7.61. The van der Waals surface area contributed by atoms with Gasteiger partial charge < -0.3 is 11.1 Å². The smallest absolute Gasteiger partial charge is 0.269 e. The molecule has 27 heavy (non-hydrogen) atoms. The fraction of sp³-hybridized carbons (Fsp3) is 0.263. The maximum Gasteiger partial charge on any atom is 0.269 e. The van der Waals surface area contributed by atoms with Crippen LogP contribution in [0.4, 0.5) is 17.1 Å². The lowest BCUT2D eigenvalue weighted by Crippen LogP contribution is -2.11. The third kappa shape index (κ3) is 3.35. The summed E-state index contributed by atoms with van der Waals surface area (Å²) in [5, 5.41) is 14.3. The molecule has 0 radical (unpaired) electrons. The van der Waals surface area contributed by atoms with Gasteiger partial charge in [-0.15, -0.1) is 11.3 Å². The van der Waals surface area contributed by atoms with Gasteiger partial charge in [0.25, 0.3) is 11.6 Å². The molecule has 0 spiro atoms. The molecule has 8 heteroatoms. The van der Waals surface area contributed by atoms with Crippen molar-refractivity contribution in [3.8, 4) is 0 Å². The molecule has 0 fully saturated rings. The molecule has 0 saturated heterocycles. The van der Waals surface area contributed by atoms with Gasteiger partial charge in [0.15, 0.2) is 0 Å². The second-order valence-electron chi connectivity index (χ2n) is 6.61. The van der Waals surface area contributed by atoms with E-state index in [-0.39, 0.29) is 11.6 Å². The number of carbonyl (C=O) groups is 1. The summed E-state index contributed by atoms with van der Waals surface area (Å²) in [4.78, 5) is 28.9. The first-order valence-electron chi connectivity index (χ1n) is 8.79. The summed E-state index contributed by atoms with van der Waals surface area (Å²) >= 11 is 1.28. The number of hydrogen-bond donors (Lipinski definition) is 2. The Balaban J connectivity index is 1.63.